The number of aromatic amines is 1. The molecule has 0 spiro atoms. The molecule has 1 N–H and O–H groups in total. The lowest BCUT2D eigenvalue weighted by atomic mass is 9.87. The van der Waals surface area contributed by atoms with E-state index < -0.39 is 0 Å². The molecule has 0 radical (unpaired) electrons. The first-order chi connectivity index (χ1) is 7.86. The Morgan fingerprint density at radius 1 is 1.25 bits per heavy atom. The zero-order valence-electron chi connectivity index (χ0n) is 9.53. The summed E-state index contributed by atoms with van der Waals surface area (Å²) in [5.41, 5.74) is 5.48. The van der Waals surface area contributed by atoms with Crippen molar-refractivity contribution < 1.29 is 0 Å². The van der Waals surface area contributed by atoms with Gasteiger partial charge >= 0.3 is 0 Å². The van der Waals surface area contributed by atoms with Crippen molar-refractivity contribution in [3.8, 4) is 0 Å². The molecule has 0 saturated carbocycles. The zero-order valence-corrected chi connectivity index (χ0v) is 9.53. The third kappa shape index (κ3) is 1.45. The largest absolute Gasteiger partial charge is 0.348 e. The summed E-state index contributed by atoms with van der Waals surface area (Å²) in [6.45, 7) is 2.25. The van der Waals surface area contributed by atoms with Gasteiger partial charge in [-0.15, -0.1) is 0 Å². The molecule has 3 rings (SSSR count). The van der Waals surface area contributed by atoms with Crippen molar-refractivity contribution >= 4 is 0 Å². The molecule has 2 nitrogen and oxygen atoms in total. The van der Waals surface area contributed by atoms with Gasteiger partial charge in [0.15, 0.2) is 0 Å². The molecule has 0 fully saturated rings. The lowest BCUT2D eigenvalue weighted by molar-refractivity contribution is 0.734. The van der Waals surface area contributed by atoms with Gasteiger partial charge in [0, 0.05) is 11.6 Å². The van der Waals surface area contributed by atoms with Crippen molar-refractivity contribution in [3.63, 3.8) is 0 Å². The SMILES string of the molecule is CC1c2ccccc2CCCc2[nH]cnc21. The van der Waals surface area contributed by atoms with Gasteiger partial charge in [0.2, 0.25) is 0 Å². The lowest BCUT2D eigenvalue weighted by Crippen LogP contribution is -2.08. The van der Waals surface area contributed by atoms with E-state index in [1.165, 1.54) is 35.4 Å². The molecule has 1 aliphatic rings. The van der Waals surface area contributed by atoms with Crippen LogP contribution in [0.4, 0.5) is 0 Å². The van der Waals surface area contributed by atoms with E-state index >= 15 is 0 Å². The van der Waals surface area contributed by atoms with E-state index in [0.717, 1.165) is 6.42 Å². The third-order valence-electron chi connectivity index (χ3n) is 3.56. The highest BCUT2D eigenvalue weighted by molar-refractivity contribution is 5.37. The molecule has 1 unspecified atom stereocenters. The van der Waals surface area contributed by atoms with Gasteiger partial charge in [0.1, 0.15) is 0 Å². The second-order valence-corrected chi connectivity index (χ2v) is 4.54. The summed E-state index contributed by atoms with van der Waals surface area (Å²) in [7, 11) is 0. The molecule has 2 aromatic rings. The topological polar surface area (TPSA) is 28.7 Å². The number of benzene rings is 1. The lowest BCUT2D eigenvalue weighted by Gasteiger charge is -2.19. The van der Waals surface area contributed by atoms with Crippen molar-refractivity contribution in [1.82, 2.24) is 9.97 Å². The van der Waals surface area contributed by atoms with Crippen LogP contribution in [0.3, 0.4) is 0 Å². The number of hydrogen-bond acceptors (Lipinski definition) is 1. The number of nitrogens with zero attached hydrogens (tertiary/aromatic N) is 1. The summed E-state index contributed by atoms with van der Waals surface area (Å²) in [5.74, 6) is 0.415. The molecule has 0 bridgehead atoms. The molecule has 16 heavy (non-hydrogen) atoms. The fourth-order valence-electron chi connectivity index (χ4n) is 2.69. The Morgan fingerprint density at radius 3 is 3.06 bits per heavy atom. The maximum Gasteiger partial charge on any atom is 0.0925 e. The zero-order chi connectivity index (χ0) is 11.0. The van der Waals surface area contributed by atoms with Gasteiger partial charge in [-0.25, -0.2) is 4.98 Å². The fourth-order valence-corrected chi connectivity index (χ4v) is 2.69. The monoisotopic (exact) mass is 212 g/mol. The Balaban J connectivity index is 2.14. The Labute approximate surface area is 95.7 Å². The van der Waals surface area contributed by atoms with Crippen LogP contribution < -0.4 is 0 Å². The van der Waals surface area contributed by atoms with Crippen LogP contribution in [0.15, 0.2) is 30.6 Å². The Morgan fingerprint density at radius 2 is 2.12 bits per heavy atom. The minimum Gasteiger partial charge on any atom is -0.348 e. The Bertz CT molecular complexity index is 499. The average Bonchev–Trinajstić information content (AvgIpc) is 2.75. The summed E-state index contributed by atoms with van der Waals surface area (Å²) < 4.78 is 0. The summed E-state index contributed by atoms with van der Waals surface area (Å²) in [4.78, 5) is 7.76. The van der Waals surface area contributed by atoms with E-state index in [1.54, 1.807) is 0 Å². The molecule has 1 aromatic carbocycles. The molecular formula is C14H16N2. The van der Waals surface area contributed by atoms with Crippen LogP contribution in [-0.4, -0.2) is 9.97 Å². The summed E-state index contributed by atoms with van der Waals surface area (Å²) in [5, 5.41) is 0. The van der Waals surface area contributed by atoms with Crippen molar-refractivity contribution in [2.75, 3.05) is 0 Å². The predicted molar refractivity (Wildman–Crippen MR) is 64.6 cm³/mol. The normalized spacial score (nSPS) is 19.4. The maximum atomic E-state index is 4.48. The molecule has 0 amide bonds. The highest BCUT2D eigenvalue weighted by Gasteiger charge is 2.20. The van der Waals surface area contributed by atoms with Gasteiger partial charge < -0.3 is 4.98 Å². The minimum absolute atomic E-state index is 0.415. The van der Waals surface area contributed by atoms with Crippen LogP contribution in [0.25, 0.3) is 0 Å². The van der Waals surface area contributed by atoms with Gasteiger partial charge in [-0.05, 0) is 30.4 Å². The summed E-state index contributed by atoms with van der Waals surface area (Å²) in [6.07, 6.45) is 5.33. The van der Waals surface area contributed by atoms with Gasteiger partial charge in [0.05, 0.1) is 12.0 Å². The van der Waals surface area contributed by atoms with Crippen molar-refractivity contribution in [1.29, 1.82) is 0 Å². The van der Waals surface area contributed by atoms with Crippen LogP contribution >= 0.6 is 0 Å². The van der Waals surface area contributed by atoms with Crippen molar-refractivity contribution in [2.45, 2.75) is 32.1 Å². The summed E-state index contributed by atoms with van der Waals surface area (Å²) in [6, 6.07) is 8.76. The van der Waals surface area contributed by atoms with Crippen LogP contribution in [0, 0.1) is 0 Å². The minimum atomic E-state index is 0.415. The number of rotatable bonds is 0. The van der Waals surface area contributed by atoms with Crippen LogP contribution in [-0.2, 0) is 12.8 Å². The number of aryl methyl sites for hydroxylation is 2. The Hall–Kier alpha value is -1.57. The molecule has 82 valence electrons. The predicted octanol–water partition coefficient (Wildman–Crippen LogP) is 3.05. The molecule has 0 saturated heterocycles. The quantitative estimate of drug-likeness (QED) is 0.714. The Kier molecular flexibility index (Phi) is 2.28. The average molecular weight is 212 g/mol. The van der Waals surface area contributed by atoms with Crippen LogP contribution in [0.5, 0.6) is 0 Å². The fraction of sp³-hybridized carbons (Fsp3) is 0.357. The van der Waals surface area contributed by atoms with E-state index in [1.807, 2.05) is 6.33 Å². The standard InChI is InChI=1S/C14H16N2/c1-10-12-7-3-2-5-11(12)6-4-8-13-14(10)16-9-15-13/h2-3,5,7,9-10H,4,6,8H2,1H3,(H,15,16). The van der Waals surface area contributed by atoms with Crippen LogP contribution in [0.2, 0.25) is 0 Å². The molecule has 1 heterocycles. The van der Waals surface area contributed by atoms with Gasteiger partial charge in [0.25, 0.3) is 0 Å². The number of imidazole rings is 1. The van der Waals surface area contributed by atoms with E-state index in [0.29, 0.717) is 5.92 Å². The third-order valence-corrected chi connectivity index (χ3v) is 3.56. The number of hydrogen-bond donors (Lipinski definition) is 1. The second-order valence-electron chi connectivity index (χ2n) is 4.54. The summed E-state index contributed by atoms with van der Waals surface area (Å²) >= 11 is 0. The molecule has 2 heteroatoms. The number of aromatic nitrogens is 2. The first kappa shape index (κ1) is 9.64. The van der Waals surface area contributed by atoms with Crippen LogP contribution in [0.1, 0.15) is 41.8 Å². The van der Waals surface area contributed by atoms with Gasteiger partial charge in [-0.3, -0.25) is 0 Å². The van der Waals surface area contributed by atoms with E-state index in [4.69, 9.17) is 0 Å². The molecule has 1 aliphatic carbocycles. The molecule has 0 aliphatic heterocycles. The second kappa shape index (κ2) is 3.78. The smallest absolute Gasteiger partial charge is 0.0925 e. The highest BCUT2D eigenvalue weighted by atomic mass is 14.9. The van der Waals surface area contributed by atoms with Gasteiger partial charge in [-0.1, -0.05) is 31.2 Å². The number of H-pyrrole nitrogens is 1. The highest BCUT2D eigenvalue weighted by Crippen LogP contribution is 2.30. The number of nitrogens with one attached hydrogen (secondary N) is 1. The molecular weight excluding hydrogens is 196 g/mol. The van der Waals surface area contributed by atoms with E-state index in [2.05, 4.69) is 41.2 Å². The molecule has 1 aromatic heterocycles. The maximum absolute atomic E-state index is 4.48. The van der Waals surface area contributed by atoms with E-state index in [9.17, 15) is 0 Å². The number of fused-ring (bicyclic) bond motifs is 2. The van der Waals surface area contributed by atoms with Crippen molar-refractivity contribution in [3.05, 3.63) is 53.1 Å². The molecule has 1 atom stereocenters. The first-order valence-electron chi connectivity index (χ1n) is 5.96. The van der Waals surface area contributed by atoms with Crippen molar-refractivity contribution in [2.24, 2.45) is 0 Å². The first-order valence-corrected chi connectivity index (χ1v) is 5.96. The van der Waals surface area contributed by atoms with Gasteiger partial charge in [-0.2, -0.15) is 0 Å². The van der Waals surface area contributed by atoms with E-state index in [-0.39, 0.29) is 0 Å².